The summed E-state index contributed by atoms with van der Waals surface area (Å²) in [6.07, 6.45) is 1.73. The van der Waals surface area contributed by atoms with Crippen LogP contribution in [0.15, 0.2) is 80.1 Å². The highest BCUT2D eigenvalue weighted by atomic mass is 79.9. The van der Waals surface area contributed by atoms with Crippen molar-refractivity contribution in [3.63, 3.8) is 0 Å². The summed E-state index contributed by atoms with van der Waals surface area (Å²) in [6.45, 7) is 7.78. The number of fused-ring (bicyclic) bond motifs is 1. The number of esters is 2. The van der Waals surface area contributed by atoms with Crippen molar-refractivity contribution in [2.75, 3.05) is 33.5 Å². The van der Waals surface area contributed by atoms with Gasteiger partial charge in [0.15, 0.2) is 34.4 Å². The molecular formula is C38H36BrN3O9S. The summed E-state index contributed by atoms with van der Waals surface area (Å²) < 4.78 is 36.1. The lowest BCUT2D eigenvalue weighted by atomic mass is 9.95. The van der Waals surface area contributed by atoms with Crippen LogP contribution < -0.4 is 33.8 Å². The van der Waals surface area contributed by atoms with Crippen LogP contribution in [0.5, 0.6) is 23.0 Å². The molecule has 0 unspecified atom stereocenters. The number of hydrogen-bond acceptors (Lipinski definition) is 12. The van der Waals surface area contributed by atoms with Gasteiger partial charge >= 0.3 is 11.9 Å². The molecular weight excluding hydrogens is 754 g/mol. The van der Waals surface area contributed by atoms with E-state index in [1.165, 1.54) is 23.0 Å². The highest BCUT2D eigenvalue weighted by Gasteiger charge is 2.34. The SMILES string of the molecule is CCOC(=O)C1=C(C)N=c2s/c(=C/c3cc(Br)c(OCc4ccc(C#N)cc4)c(OCC)c3)c(=O)n2[C@H]1c1ccc(OCC(=O)OC)c(OCC)c1. The summed E-state index contributed by atoms with van der Waals surface area (Å²) in [5, 5.41) is 9.10. The van der Waals surface area contributed by atoms with Crippen molar-refractivity contribution in [1.82, 2.24) is 4.57 Å². The number of rotatable bonds is 14. The third kappa shape index (κ3) is 8.38. The van der Waals surface area contributed by atoms with E-state index in [9.17, 15) is 14.4 Å². The highest BCUT2D eigenvalue weighted by molar-refractivity contribution is 9.10. The number of allylic oxidation sites excluding steroid dienone is 1. The minimum atomic E-state index is -0.907. The molecule has 0 amide bonds. The zero-order valence-corrected chi connectivity index (χ0v) is 31.6. The van der Waals surface area contributed by atoms with Gasteiger partial charge in [0.1, 0.15) is 6.61 Å². The van der Waals surface area contributed by atoms with Crippen LogP contribution in [0.3, 0.4) is 0 Å². The number of halogens is 1. The number of methoxy groups -OCH3 is 1. The highest BCUT2D eigenvalue weighted by Crippen LogP contribution is 2.39. The molecule has 14 heteroatoms. The van der Waals surface area contributed by atoms with E-state index in [-0.39, 0.29) is 31.0 Å². The topological polar surface area (TPSA) is 148 Å². The Kier molecular flexibility index (Phi) is 12.5. The number of benzene rings is 3. The summed E-state index contributed by atoms with van der Waals surface area (Å²) in [6, 6.07) is 16.9. The molecule has 2 heterocycles. The zero-order chi connectivity index (χ0) is 37.4. The lowest BCUT2D eigenvalue weighted by Crippen LogP contribution is -2.40. The number of ether oxygens (including phenoxy) is 6. The molecule has 1 aromatic heterocycles. The van der Waals surface area contributed by atoms with Crippen LogP contribution in [0, 0.1) is 11.3 Å². The van der Waals surface area contributed by atoms with Gasteiger partial charge in [0.05, 0.1) is 64.9 Å². The Balaban J connectivity index is 1.58. The maximum atomic E-state index is 14.3. The number of carbonyl (C=O) groups excluding carboxylic acids is 2. The molecule has 3 aromatic carbocycles. The first-order valence-electron chi connectivity index (χ1n) is 16.4. The summed E-state index contributed by atoms with van der Waals surface area (Å²) in [5.74, 6) is 0.409. The van der Waals surface area contributed by atoms with Crippen molar-refractivity contribution in [3.8, 4) is 29.1 Å². The molecule has 0 fully saturated rings. The van der Waals surface area contributed by atoms with Gasteiger partial charge in [0.25, 0.3) is 5.56 Å². The average Bonchev–Trinajstić information content (AvgIpc) is 3.43. The van der Waals surface area contributed by atoms with Crippen LogP contribution >= 0.6 is 27.3 Å². The van der Waals surface area contributed by atoms with E-state index in [4.69, 9.17) is 33.7 Å². The standard InChI is InChI=1S/C38H36BrN3O9S/c1-6-47-29-18-26(13-14-28(29)50-21-32(43)46-5)34-33(37(45)49-8-3)22(4)41-38-42(34)36(44)31(52-38)17-25-15-27(39)35(30(16-25)48-7-2)51-20-24-11-9-23(19-40)10-12-24/h9-18,34H,6-8,20-21H2,1-5H3/b31-17+/t34-/m0/s1. The summed E-state index contributed by atoms with van der Waals surface area (Å²) in [5.41, 5.74) is 2.88. The third-order valence-corrected chi connectivity index (χ3v) is 9.34. The molecule has 52 heavy (non-hydrogen) atoms. The van der Waals surface area contributed by atoms with Crippen molar-refractivity contribution < 1.29 is 38.0 Å². The van der Waals surface area contributed by atoms with Crippen LogP contribution in [0.2, 0.25) is 0 Å². The second-order valence-electron chi connectivity index (χ2n) is 11.2. The van der Waals surface area contributed by atoms with Gasteiger partial charge in [-0.15, -0.1) is 0 Å². The van der Waals surface area contributed by atoms with Gasteiger partial charge in [-0.05, 0) is 103 Å². The Hall–Kier alpha value is -5.39. The van der Waals surface area contributed by atoms with E-state index in [1.54, 1.807) is 63.2 Å². The predicted octanol–water partition coefficient (Wildman–Crippen LogP) is 5.36. The second-order valence-corrected chi connectivity index (χ2v) is 13.0. The Morgan fingerprint density at radius 3 is 2.37 bits per heavy atom. The Morgan fingerprint density at radius 2 is 1.69 bits per heavy atom. The van der Waals surface area contributed by atoms with Gasteiger partial charge in [0.2, 0.25) is 0 Å². The van der Waals surface area contributed by atoms with Gasteiger partial charge in [-0.25, -0.2) is 14.6 Å². The summed E-state index contributed by atoms with van der Waals surface area (Å²) in [7, 11) is 1.26. The lowest BCUT2D eigenvalue weighted by Gasteiger charge is -2.25. The Bertz CT molecular complexity index is 2240. The fourth-order valence-corrected chi connectivity index (χ4v) is 7.06. The Labute approximate surface area is 312 Å². The molecule has 0 radical (unpaired) electrons. The number of thiazole rings is 1. The quantitative estimate of drug-likeness (QED) is 0.153. The molecule has 0 N–H and O–H groups in total. The van der Waals surface area contributed by atoms with Gasteiger partial charge < -0.3 is 28.4 Å². The molecule has 1 aliphatic heterocycles. The Morgan fingerprint density at radius 1 is 0.962 bits per heavy atom. The minimum absolute atomic E-state index is 0.126. The minimum Gasteiger partial charge on any atom is -0.490 e. The van der Waals surface area contributed by atoms with Crippen molar-refractivity contribution in [2.24, 2.45) is 4.99 Å². The maximum absolute atomic E-state index is 14.3. The van der Waals surface area contributed by atoms with Crippen LogP contribution in [0.25, 0.3) is 6.08 Å². The fourth-order valence-electron chi connectivity index (χ4n) is 5.44. The van der Waals surface area contributed by atoms with E-state index in [0.717, 1.165) is 5.56 Å². The molecule has 0 aliphatic carbocycles. The molecule has 270 valence electrons. The van der Waals surface area contributed by atoms with Crippen LogP contribution in [0.1, 0.15) is 56.0 Å². The smallest absolute Gasteiger partial charge is 0.343 e. The van der Waals surface area contributed by atoms with Gasteiger partial charge in [0, 0.05) is 0 Å². The molecule has 12 nitrogen and oxygen atoms in total. The van der Waals surface area contributed by atoms with Crippen molar-refractivity contribution in [2.45, 2.75) is 40.3 Å². The number of hydrogen-bond donors (Lipinski definition) is 0. The van der Waals surface area contributed by atoms with E-state index < -0.39 is 18.0 Å². The predicted molar refractivity (Wildman–Crippen MR) is 196 cm³/mol. The normalized spacial score (nSPS) is 13.8. The average molecular weight is 791 g/mol. The largest absolute Gasteiger partial charge is 0.490 e. The first-order chi connectivity index (χ1) is 25.1. The third-order valence-electron chi connectivity index (χ3n) is 7.77. The first kappa shape index (κ1) is 37.9. The molecule has 5 rings (SSSR count). The van der Waals surface area contributed by atoms with Gasteiger partial charge in [-0.2, -0.15) is 5.26 Å². The second kappa shape index (κ2) is 17.2. The maximum Gasteiger partial charge on any atom is 0.343 e. The van der Waals surface area contributed by atoms with Gasteiger partial charge in [-0.1, -0.05) is 29.5 Å². The number of nitrogens with zero attached hydrogens (tertiary/aromatic N) is 3. The first-order valence-corrected chi connectivity index (χ1v) is 18.0. The van der Waals surface area contributed by atoms with E-state index in [1.807, 2.05) is 25.1 Å². The summed E-state index contributed by atoms with van der Waals surface area (Å²) in [4.78, 5) is 44.6. The van der Waals surface area contributed by atoms with E-state index >= 15 is 0 Å². The van der Waals surface area contributed by atoms with Crippen molar-refractivity contribution >= 4 is 45.3 Å². The number of nitriles is 1. The molecule has 0 saturated heterocycles. The van der Waals surface area contributed by atoms with Crippen LogP contribution in [-0.4, -0.2) is 50.0 Å². The van der Waals surface area contributed by atoms with Gasteiger partial charge in [-0.3, -0.25) is 9.36 Å². The zero-order valence-electron chi connectivity index (χ0n) is 29.2. The van der Waals surface area contributed by atoms with E-state index in [0.29, 0.717) is 72.4 Å². The number of aromatic nitrogens is 1. The van der Waals surface area contributed by atoms with E-state index in [2.05, 4.69) is 27.0 Å². The molecule has 0 spiro atoms. The van der Waals surface area contributed by atoms with Crippen LogP contribution in [0.4, 0.5) is 0 Å². The molecule has 4 aromatic rings. The lowest BCUT2D eigenvalue weighted by molar-refractivity contribution is -0.143. The molecule has 1 aliphatic rings. The number of carbonyl (C=O) groups is 2. The molecule has 0 saturated carbocycles. The molecule has 0 bridgehead atoms. The summed E-state index contributed by atoms with van der Waals surface area (Å²) >= 11 is 4.80. The van der Waals surface area contributed by atoms with Crippen LogP contribution in [-0.2, 0) is 25.7 Å². The molecule has 1 atom stereocenters. The van der Waals surface area contributed by atoms with Crippen molar-refractivity contribution in [3.05, 3.63) is 112 Å². The monoisotopic (exact) mass is 789 g/mol. The fraction of sp³-hybridized carbons (Fsp3) is 0.289. The van der Waals surface area contributed by atoms with Crippen molar-refractivity contribution in [1.29, 1.82) is 5.26 Å².